The van der Waals surface area contributed by atoms with Gasteiger partial charge in [-0.3, -0.25) is 0 Å². The minimum absolute atomic E-state index is 0.0349. The van der Waals surface area contributed by atoms with Crippen LogP contribution in [0, 0.1) is 0 Å². The van der Waals surface area contributed by atoms with Crippen LogP contribution in [-0.4, -0.2) is 44.1 Å². The maximum absolute atomic E-state index is 13.1. The van der Waals surface area contributed by atoms with Crippen LogP contribution in [0.2, 0.25) is 0 Å². The summed E-state index contributed by atoms with van der Waals surface area (Å²) >= 11 is 1.32. The van der Waals surface area contributed by atoms with Gasteiger partial charge in [-0.2, -0.15) is 36.3 Å². The Balaban J connectivity index is 1.70. The number of anilines is 1. The van der Waals surface area contributed by atoms with Crippen LogP contribution in [0.15, 0.2) is 6.07 Å². The summed E-state index contributed by atoms with van der Waals surface area (Å²) in [6.45, 7) is 0.497. The number of nitrogens with zero attached hydrogens (tertiary/aromatic N) is 6. The molecule has 0 aliphatic carbocycles. The molecule has 31 heavy (non-hydrogen) atoms. The molecular formula is C17H16F6N6OS. The number of ether oxygens (including phenoxy) is 1. The molecule has 4 heterocycles. The molecule has 0 atom stereocenters. The van der Waals surface area contributed by atoms with Gasteiger partial charge in [0.15, 0.2) is 12.4 Å². The number of aromatic nitrogens is 5. The summed E-state index contributed by atoms with van der Waals surface area (Å²) in [5.41, 5.74) is 0. The van der Waals surface area contributed by atoms with Crippen LogP contribution in [0.25, 0.3) is 10.2 Å². The molecule has 0 spiro atoms. The topological polar surface area (TPSA) is 69.0 Å². The van der Waals surface area contributed by atoms with E-state index in [4.69, 9.17) is 4.74 Å². The number of halogens is 6. The van der Waals surface area contributed by atoms with Crippen molar-refractivity contribution in [3.63, 3.8) is 0 Å². The summed E-state index contributed by atoms with van der Waals surface area (Å²) in [5, 5.41) is 7.49. The van der Waals surface area contributed by atoms with E-state index in [0.717, 1.165) is 22.3 Å². The quantitative estimate of drug-likeness (QED) is 0.525. The van der Waals surface area contributed by atoms with Crippen molar-refractivity contribution in [3.05, 3.63) is 22.6 Å². The molecule has 168 valence electrons. The second-order valence-electron chi connectivity index (χ2n) is 6.93. The maximum atomic E-state index is 13.1. The Labute approximate surface area is 175 Å². The predicted molar refractivity (Wildman–Crippen MR) is 99.0 cm³/mol. The Morgan fingerprint density at radius 3 is 2.55 bits per heavy atom. The third-order valence-corrected chi connectivity index (χ3v) is 5.66. The van der Waals surface area contributed by atoms with Gasteiger partial charge in [0.25, 0.3) is 0 Å². The summed E-state index contributed by atoms with van der Waals surface area (Å²) < 4.78 is 82.7. The van der Waals surface area contributed by atoms with Crippen LogP contribution in [0.5, 0.6) is 6.01 Å². The summed E-state index contributed by atoms with van der Waals surface area (Å²) in [7, 11) is 0. The summed E-state index contributed by atoms with van der Waals surface area (Å²) in [5.74, 6) is -0.694. The van der Waals surface area contributed by atoms with E-state index in [0.29, 0.717) is 16.0 Å². The van der Waals surface area contributed by atoms with E-state index in [1.54, 1.807) is 4.90 Å². The van der Waals surface area contributed by atoms with Gasteiger partial charge in [-0.1, -0.05) is 13.3 Å². The van der Waals surface area contributed by atoms with E-state index in [2.05, 4.69) is 20.2 Å². The molecule has 0 bridgehead atoms. The normalized spacial score (nSPS) is 14.9. The average molecular weight is 466 g/mol. The maximum Gasteiger partial charge on any atom is 0.451 e. The van der Waals surface area contributed by atoms with Crippen LogP contribution < -0.4 is 9.64 Å². The highest BCUT2D eigenvalue weighted by Crippen LogP contribution is 2.36. The zero-order valence-electron chi connectivity index (χ0n) is 16.1. The van der Waals surface area contributed by atoms with Gasteiger partial charge < -0.3 is 14.2 Å². The van der Waals surface area contributed by atoms with E-state index >= 15 is 0 Å². The first kappa shape index (κ1) is 21.6. The monoisotopic (exact) mass is 466 g/mol. The lowest BCUT2D eigenvalue weighted by molar-refractivity contribution is -0.154. The molecule has 1 aliphatic heterocycles. The van der Waals surface area contributed by atoms with Crippen molar-refractivity contribution in [1.29, 1.82) is 0 Å². The van der Waals surface area contributed by atoms with E-state index in [1.165, 1.54) is 11.3 Å². The van der Waals surface area contributed by atoms with Gasteiger partial charge in [0.1, 0.15) is 10.6 Å². The highest BCUT2D eigenvalue weighted by Gasteiger charge is 2.40. The third kappa shape index (κ3) is 4.52. The van der Waals surface area contributed by atoms with Crippen LogP contribution in [0.3, 0.4) is 0 Å². The third-order valence-electron chi connectivity index (χ3n) is 4.57. The number of alkyl halides is 6. The Kier molecular flexibility index (Phi) is 5.43. The minimum Gasteiger partial charge on any atom is -0.454 e. The lowest BCUT2D eigenvalue weighted by Gasteiger charge is -2.29. The van der Waals surface area contributed by atoms with Gasteiger partial charge in [-0.05, 0) is 12.5 Å². The highest BCUT2D eigenvalue weighted by atomic mass is 32.1. The van der Waals surface area contributed by atoms with Gasteiger partial charge >= 0.3 is 18.4 Å². The molecule has 0 N–H and O–H groups in total. The first-order valence-corrected chi connectivity index (χ1v) is 10.1. The average Bonchev–Trinajstić information content (AvgIpc) is 3.28. The zero-order chi connectivity index (χ0) is 22.4. The van der Waals surface area contributed by atoms with Crippen molar-refractivity contribution < 1.29 is 31.1 Å². The largest absolute Gasteiger partial charge is 0.454 e. The number of thiophene rings is 1. The number of aryl methyl sites for hydroxylation is 1. The van der Waals surface area contributed by atoms with E-state index in [1.807, 2.05) is 13.0 Å². The van der Waals surface area contributed by atoms with Gasteiger partial charge in [-0.25, -0.2) is 0 Å². The first-order chi connectivity index (χ1) is 14.5. The lowest BCUT2D eigenvalue weighted by Crippen LogP contribution is -2.36. The second-order valence-corrected chi connectivity index (χ2v) is 8.04. The Hall–Kier alpha value is -2.64. The van der Waals surface area contributed by atoms with Crippen molar-refractivity contribution in [2.45, 2.75) is 45.2 Å². The molecule has 0 saturated carbocycles. The van der Waals surface area contributed by atoms with Crippen molar-refractivity contribution in [2.24, 2.45) is 0 Å². The molecule has 0 fully saturated rings. The van der Waals surface area contributed by atoms with E-state index in [9.17, 15) is 26.3 Å². The Morgan fingerprint density at radius 2 is 1.87 bits per heavy atom. The van der Waals surface area contributed by atoms with Crippen molar-refractivity contribution in [2.75, 3.05) is 18.1 Å². The van der Waals surface area contributed by atoms with Gasteiger partial charge in [0.2, 0.25) is 5.82 Å². The molecule has 3 aromatic heterocycles. The van der Waals surface area contributed by atoms with Crippen LogP contribution in [-0.2, 0) is 25.7 Å². The molecule has 0 aromatic carbocycles. The number of hydrogen-bond donors (Lipinski definition) is 0. The van der Waals surface area contributed by atoms with Crippen LogP contribution >= 0.6 is 11.3 Å². The summed E-state index contributed by atoms with van der Waals surface area (Å²) in [6, 6.07) is 1.42. The highest BCUT2D eigenvalue weighted by molar-refractivity contribution is 7.18. The van der Waals surface area contributed by atoms with Crippen LogP contribution in [0.4, 0.5) is 32.2 Å². The Bertz CT molecular complexity index is 1090. The number of rotatable bonds is 5. The summed E-state index contributed by atoms with van der Waals surface area (Å²) in [6.07, 6.45) is -7.57. The molecule has 0 radical (unpaired) electrons. The lowest BCUT2D eigenvalue weighted by atomic mass is 10.2. The molecule has 3 aromatic rings. The second kappa shape index (κ2) is 7.80. The van der Waals surface area contributed by atoms with Crippen molar-refractivity contribution in [1.82, 2.24) is 24.7 Å². The standard InChI is InChI=1S/C17H16F6N6OS/c1-2-3-9-6-10-12(24-15(25-13(10)31-9)30-8-16(18,19)20)28-4-5-29-11(7-28)26-27-14(29)17(21,22)23/h6H,2-5,7-8H2,1H3. The first-order valence-electron chi connectivity index (χ1n) is 9.29. The Morgan fingerprint density at radius 1 is 1.10 bits per heavy atom. The molecule has 4 rings (SSSR count). The predicted octanol–water partition coefficient (Wildman–Crippen LogP) is 4.22. The minimum atomic E-state index is -4.63. The molecule has 0 saturated heterocycles. The molecular weight excluding hydrogens is 450 g/mol. The fourth-order valence-electron chi connectivity index (χ4n) is 3.31. The fraction of sp³-hybridized carbons (Fsp3) is 0.529. The summed E-state index contributed by atoms with van der Waals surface area (Å²) in [4.78, 5) is 11.3. The molecule has 1 aliphatic rings. The van der Waals surface area contributed by atoms with Crippen LogP contribution in [0.1, 0.15) is 29.9 Å². The molecule has 14 heteroatoms. The van der Waals surface area contributed by atoms with Gasteiger partial charge in [0.05, 0.1) is 11.9 Å². The zero-order valence-corrected chi connectivity index (χ0v) is 16.9. The van der Waals surface area contributed by atoms with Gasteiger partial charge in [0, 0.05) is 18.0 Å². The van der Waals surface area contributed by atoms with E-state index < -0.39 is 30.8 Å². The number of fused-ring (bicyclic) bond motifs is 2. The van der Waals surface area contributed by atoms with Crippen molar-refractivity contribution in [3.8, 4) is 6.01 Å². The SMILES string of the molecule is CCCc1cc2c(N3CCn4c(nnc4C(F)(F)F)C3)nc(OCC(F)(F)F)nc2s1. The molecule has 0 amide bonds. The number of hydrogen-bond acceptors (Lipinski definition) is 7. The van der Waals surface area contributed by atoms with E-state index in [-0.39, 0.29) is 25.5 Å². The smallest absolute Gasteiger partial charge is 0.451 e. The van der Waals surface area contributed by atoms with Crippen molar-refractivity contribution >= 4 is 27.4 Å². The van der Waals surface area contributed by atoms with Gasteiger partial charge in [-0.15, -0.1) is 21.5 Å². The fourth-order valence-corrected chi connectivity index (χ4v) is 4.42. The molecule has 7 nitrogen and oxygen atoms in total. The molecule has 0 unspecified atom stereocenters.